The number of fused-ring (bicyclic) bond motifs is 1. The highest BCUT2D eigenvalue weighted by Crippen LogP contribution is 2.37. The predicted octanol–water partition coefficient (Wildman–Crippen LogP) is 2.46. The number of benzene rings is 1. The van der Waals surface area contributed by atoms with Crippen LogP contribution in [-0.2, 0) is 6.54 Å². The summed E-state index contributed by atoms with van der Waals surface area (Å²) in [5, 5.41) is 15.1. The van der Waals surface area contributed by atoms with Crippen LogP contribution in [0.25, 0.3) is 11.3 Å². The Hall–Kier alpha value is -1.85. The normalized spacial score (nSPS) is 24.4. The number of hydrogen-bond donors (Lipinski definition) is 1. The van der Waals surface area contributed by atoms with E-state index in [4.69, 9.17) is 4.74 Å². The molecule has 2 aromatic rings. The van der Waals surface area contributed by atoms with Crippen LogP contribution in [0, 0.1) is 0 Å². The number of aryl methyl sites for hydroxylation is 1. The first-order valence-electron chi connectivity index (χ1n) is 8.49. The average Bonchev–Trinajstić information content (AvgIpc) is 3.26. The topological polar surface area (TPSA) is 50.5 Å². The van der Waals surface area contributed by atoms with Gasteiger partial charge in [-0.15, -0.1) is 0 Å². The number of rotatable bonds is 3. The molecule has 4 rings (SSSR count). The first-order chi connectivity index (χ1) is 11.3. The fourth-order valence-electron chi connectivity index (χ4n) is 3.74. The summed E-state index contributed by atoms with van der Waals surface area (Å²) in [5.41, 5.74) is 3.06. The lowest BCUT2D eigenvalue weighted by atomic mass is 9.96. The van der Waals surface area contributed by atoms with E-state index in [-0.39, 0.29) is 6.04 Å². The third-order valence-electron chi connectivity index (χ3n) is 5.03. The lowest BCUT2D eigenvalue weighted by molar-refractivity contribution is 0.0140. The summed E-state index contributed by atoms with van der Waals surface area (Å²) >= 11 is 0. The van der Waals surface area contributed by atoms with Crippen molar-refractivity contribution in [2.24, 2.45) is 0 Å². The zero-order chi connectivity index (χ0) is 15.8. The van der Waals surface area contributed by atoms with Crippen molar-refractivity contribution in [3.63, 3.8) is 0 Å². The molecule has 0 amide bonds. The minimum absolute atomic E-state index is 0.0806. The van der Waals surface area contributed by atoms with Gasteiger partial charge in [-0.2, -0.15) is 5.10 Å². The Balaban J connectivity index is 1.63. The third kappa shape index (κ3) is 2.54. The Morgan fingerprint density at radius 3 is 2.87 bits per heavy atom. The quantitative estimate of drug-likeness (QED) is 0.946. The minimum atomic E-state index is -0.470. The molecule has 0 unspecified atom stereocenters. The van der Waals surface area contributed by atoms with E-state index in [1.807, 2.05) is 29.1 Å². The largest absolute Gasteiger partial charge is 0.491 e. The maximum atomic E-state index is 10.8. The summed E-state index contributed by atoms with van der Waals surface area (Å²) in [5.74, 6) is 0.800. The summed E-state index contributed by atoms with van der Waals surface area (Å²) in [6, 6.07) is 8.18. The number of aromatic nitrogens is 2. The van der Waals surface area contributed by atoms with E-state index in [0.29, 0.717) is 6.61 Å². The van der Waals surface area contributed by atoms with Crippen molar-refractivity contribution in [1.29, 1.82) is 0 Å². The summed E-state index contributed by atoms with van der Waals surface area (Å²) < 4.78 is 7.97. The molecule has 1 fully saturated rings. The van der Waals surface area contributed by atoms with Gasteiger partial charge in [0.25, 0.3) is 0 Å². The molecule has 5 nitrogen and oxygen atoms in total. The van der Waals surface area contributed by atoms with Crippen molar-refractivity contribution < 1.29 is 9.84 Å². The lowest BCUT2D eigenvalue weighted by Gasteiger charge is -2.36. The van der Waals surface area contributed by atoms with E-state index in [0.717, 1.165) is 42.2 Å². The van der Waals surface area contributed by atoms with E-state index in [9.17, 15) is 5.11 Å². The number of nitrogens with zero attached hydrogens (tertiary/aromatic N) is 3. The molecule has 1 N–H and O–H groups in total. The van der Waals surface area contributed by atoms with E-state index < -0.39 is 6.10 Å². The summed E-state index contributed by atoms with van der Waals surface area (Å²) in [7, 11) is 0. The van der Waals surface area contributed by atoms with Gasteiger partial charge in [0.2, 0.25) is 0 Å². The summed E-state index contributed by atoms with van der Waals surface area (Å²) in [4.78, 5) is 2.35. The van der Waals surface area contributed by atoms with Crippen LogP contribution in [0.2, 0.25) is 0 Å². The van der Waals surface area contributed by atoms with E-state index in [1.165, 1.54) is 12.8 Å². The van der Waals surface area contributed by atoms with Crippen molar-refractivity contribution in [3.8, 4) is 17.0 Å². The molecule has 0 saturated carbocycles. The number of aliphatic hydroxyl groups is 1. The Morgan fingerprint density at radius 2 is 2.09 bits per heavy atom. The Kier molecular flexibility index (Phi) is 3.83. The molecule has 1 saturated heterocycles. The zero-order valence-electron chi connectivity index (χ0n) is 13.5. The smallest absolute Gasteiger partial charge is 0.125 e. The molecule has 0 radical (unpaired) electrons. The van der Waals surface area contributed by atoms with Gasteiger partial charge in [0.05, 0.1) is 11.7 Å². The van der Waals surface area contributed by atoms with Gasteiger partial charge in [0.1, 0.15) is 18.5 Å². The van der Waals surface area contributed by atoms with Gasteiger partial charge in [-0.25, -0.2) is 0 Å². The van der Waals surface area contributed by atoms with E-state index in [1.54, 1.807) is 0 Å². The van der Waals surface area contributed by atoms with Crippen molar-refractivity contribution in [2.45, 2.75) is 38.5 Å². The van der Waals surface area contributed by atoms with Gasteiger partial charge in [-0.1, -0.05) is 12.1 Å². The Labute approximate surface area is 136 Å². The van der Waals surface area contributed by atoms with Crippen molar-refractivity contribution in [1.82, 2.24) is 14.7 Å². The molecule has 0 spiro atoms. The average molecular weight is 313 g/mol. The van der Waals surface area contributed by atoms with Gasteiger partial charge >= 0.3 is 0 Å². The molecule has 2 aliphatic heterocycles. The van der Waals surface area contributed by atoms with Crippen LogP contribution in [0.1, 0.15) is 31.4 Å². The van der Waals surface area contributed by atoms with E-state index in [2.05, 4.69) is 23.0 Å². The second-order valence-electron chi connectivity index (χ2n) is 6.35. The highest BCUT2D eigenvalue weighted by Gasteiger charge is 2.35. The van der Waals surface area contributed by atoms with Gasteiger partial charge < -0.3 is 9.84 Å². The van der Waals surface area contributed by atoms with Crippen molar-refractivity contribution >= 4 is 0 Å². The highest BCUT2D eigenvalue weighted by atomic mass is 16.5. The Morgan fingerprint density at radius 1 is 1.26 bits per heavy atom. The van der Waals surface area contributed by atoms with Crippen LogP contribution in [0.4, 0.5) is 0 Å². The number of likely N-dealkylation sites (tertiary alicyclic amines) is 1. The number of hydrogen-bond acceptors (Lipinski definition) is 4. The fraction of sp³-hybridized carbons (Fsp3) is 0.500. The standard InChI is InChI=1S/C18H23N3O2/c1-2-21-15(7-8-19-21)13-5-6-14-17(11-13)23-12-16(18(14)22)20-9-3-4-10-20/h5-8,11,16,18,22H,2-4,9-10,12H2,1H3/t16-,18-/m1/s1. The van der Waals surface area contributed by atoms with Crippen LogP contribution in [0.15, 0.2) is 30.5 Å². The minimum Gasteiger partial charge on any atom is -0.491 e. The van der Waals surface area contributed by atoms with Crippen LogP contribution >= 0.6 is 0 Å². The first-order valence-corrected chi connectivity index (χ1v) is 8.49. The molecule has 1 aromatic carbocycles. The molecule has 1 aromatic heterocycles. The van der Waals surface area contributed by atoms with Crippen LogP contribution in [0.3, 0.4) is 0 Å². The monoisotopic (exact) mass is 313 g/mol. The zero-order valence-corrected chi connectivity index (χ0v) is 13.5. The van der Waals surface area contributed by atoms with E-state index >= 15 is 0 Å². The number of aliphatic hydroxyl groups excluding tert-OH is 1. The van der Waals surface area contributed by atoms with Crippen LogP contribution in [0.5, 0.6) is 5.75 Å². The molecule has 5 heteroatoms. The molecular formula is C18H23N3O2. The number of ether oxygens (including phenoxy) is 1. The molecule has 2 atom stereocenters. The molecular weight excluding hydrogens is 290 g/mol. The van der Waals surface area contributed by atoms with Crippen LogP contribution < -0.4 is 4.74 Å². The van der Waals surface area contributed by atoms with Crippen molar-refractivity contribution in [3.05, 3.63) is 36.0 Å². The van der Waals surface area contributed by atoms with Gasteiger partial charge in [-0.3, -0.25) is 9.58 Å². The lowest BCUT2D eigenvalue weighted by Crippen LogP contribution is -2.44. The summed E-state index contributed by atoms with van der Waals surface area (Å²) in [6.45, 7) is 5.60. The summed E-state index contributed by atoms with van der Waals surface area (Å²) in [6.07, 6.45) is 3.78. The second kappa shape index (κ2) is 5.98. The van der Waals surface area contributed by atoms with Gasteiger partial charge in [0.15, 0.2) is 0 Å². The van der Waals surface area contributed by atoms with Crippen molar-refractivity contribution in [2.75, 3.05) is 19.7 Å². The Bertz CT molecular complexity index is 691. The molecule has 23 heavy (non-hydrogen) atoms. The second-order valence-corrected chi connectivity index (χ2v) is 6.35. The highest BCUT2D eigenvalue weighted by molar-refractivity contribution is 5.63. The molecule has 0 bridgehead atoms. The SMILES string of the molecule is CCn1nccc1-c1ccc2c(c1)OC[C@@H](N1CCCC1)[C@@H]2O. The molecule has 3 heterocycles. The maximum absolute atomic E-state index is 10.8. The first kappa shape index (κ1) is 14.7. The van der Waals surface area contributed by atoms with Gasteiger partial charge in [-0.05, 0) is 45.0 Å². The fourth-order valence-corrected chi connectivity index (χ4v) is 3.74. The van der Waals surface area contributed by atoms with Crippen LogP contribution in [-0.4, -0.2) is 45.5 Å². The molecule has 122 valence electrons. The molecule has 2 aliphatic rings. The third-order valence-corrected chi connectivity index (χ3v) is 5.03. The molecule has 0 aliphatic carbocycles. The maximum Gasteiger partial charge on any atom is 0.125 e. The predicted molar refractivity (Wildman–Crippen MR) is 88.4 cm³/mol. The van der Waals surface area contributed by atoms with Gasteiger partial charge in [0, 0.05) is 23.9 Å².